The third-order valence-corrected chi connectivity index (χ3v) is 4.44. The highest BCUT2D eigenvalue weighted by atomic mass is 35.5. The van der Waals surface area contributed by atoms with E-state index in [9.17, 15) is 4.79 Å². The van der Waals surface area contributed by atoms with Gasteiger partial charge in [0.1, 0.15) is 5.69 Å². The molecule has 4 aromatic rings. The molecule has 0 unspecified atom stereocenters. The lowest BCUT2D eigenvalue weighted by atomic mass is 10.2. The monoisotopic (exact) mass is 353 g/mol. The number of anilines is 1. The van der Waals surface area contributed by atoms with Crippen molar-refractivity contribution in [1.29, 1.82) is 0 Å². The van der Waals surface area contributed by atoms with Crippen LogP contribution in [0.5, 0.6) is 0 Å². The molecule has 0 bridgehead atoms. The smallest absolute Gasteiger partial charge is 0.273 e. The first-order chi connectivity index (χ1) is 12.0. The maximum absolute atomic E-state index is 12.6. The van der Waals surface area contributed by atoms with Crippen LogP contribution in [0.25, 0.3) is 21.9 Å². The van der Waals surface area contributed by atoms with Crippen molar-refractivity contribution < 1.29 is 4.79 Å². The first-order valence-electron chi connectivity index (χ1n) is 7.95. The van der Waals surface area contributed by atoms with Crippen molar-refractivity contribution in [3.05, 3.63) is 53.4 Å². The highest BCUT2D eigenvalue weighted by Gasteiger charge is 2.17. The maximum atomic E-state index is 12.6. The Hall–Kier alpha value is -2.86. The maximum Gasteiger partial charge on any atom is 0.273 e. The number of amides is 1. The van der Waals surface area contributed by atoms with Crippen molar-refractivity contribution in [3.63, 3.8) is 0 Å². The molecule has 3 heterocycles. The van der Waals surface area contributed by atoms with Gasteiger partial charge in [-0.25, -0.2) is 9.67 Å². The molecule has 0 aliphatic carbocycles. The molecule has 0 radical (unpaired) electrons. The van der Waals surface area contributed by atoms with Crippen LogP contribution in [0.15, 0.2) is 42.7 Å². The molecule has 0 aliphatic rings. The Kier molecular flexibility index (Phi) is 3.69. The van der Waals surface area contributed by atoms with Crippen LogP contribution in [0.4, 0.5) is 5.69 Å². The Bertz CT molecular complexity index is 1100. The molecule has 4 rings (SSSR count). The van der Waals surface area contributed by atoms with E-state index in [1.54, 1.807) is 12.4 Å². The number of carbonyl (C=O) groups excluding carboxylic acids is 1. The molecule has 0 spiro atoms. The number of benzene rings is 1. The molecule has 0 saturated heterocycles. The lowest BCUT2D eigenvalue weighted by molar-refractivity contribution is 0.102. The molecule has 126 valence electrons. The second kappa shape index (κ2) is 5.89. The number of carbonyl (C=O) groups is 1. The second-order valence-electron chi connectivity index (χ2n) is 6.13. The number of H-pyrrole nitrogens is 1. The fourth-order valence-corrected chi connectivity index (χ4v) is 3.14. The van der Waals surface area contributed by atoms with Gasteiger partial charge in [0.05, 0.1) is 23.1 Å². The van der Waals surface area contributed by atoms with E-state index >= 15 is 0 Å². The van der Waals surface area contributed by atoms with Crippen molar-refractivity contribution in [3.8, 4) is 0 Å². The summed E-state index contributed by atoms with van der Waals surface area (Å²) in [7, 11) is 0. The van der Waals surface area contributed by atoms with Crippen molar-refractivity contribution in [2.45, 2.75) is 19.9 Å². The Morgan fingerprint density at radius 2 is 2.08 bits per heavy atom. The zero-order chi connectivity index (χ0) is 17.6. The molecule has 7 heteroatoms. The number of fused-ring (bicyclic) bond motifs is 2. The van der Waals surface area contributed by atoms with Crippen molar-refractivity contribution in [2.75, 3.05) is 5.32 Å². The summed E-state index contributed by atoms with van der Waals surface area (Å²) in [5, 5.41) is 9.27. The summed E-state index contributed by atoms with van der Waals surface area (Å²) in [6.07, 6.45) is 3.37. The third-order valence-electron chi connectivity index (χ3n) is 4.05. The number of aromatic amines is 1. The fourth-order valence-electron chi connectivity index (χ4n) is 2.84. The quantitative estimate of drug-likeness (QED) is 0.573. The summed E-state index contributed by atoms with van der Waals surface area (Å²) < 4.78 is 1.84. The minimum atomic E-state index is -0.307. The van der Waals surface area contributed by atoms with Gasteiger partial charge in [-0.3, -0.25) is 4.79 Å². The number of para-hydroxylation sites is 1. The summed E-state index contributed by atoms with van der Waals surface area (Å²) >= 11 is 6.33. The van der Waals surface area contributed by atoms with E-state index < -0.39 is 0 Å². The van der Waals surface area contributed by atoms with E-state index in [2.05, 4.69) is 20.4 Å². The molecule has 0 atom stereocenters. The van der Waals surface area contributed by atoms with E-state index in [0.717, 1.165) is 21.9 Å². The van der Waals surface area contributed by atoms with Crippen molar-refractivity contribution >= 4 is 45.1 Å². The minimum absolute atomic E-state index is 0.218. The average Bonchev–Trinajstić information content (AvgIpc) is 3.16. The van der Waals surface area contributed by atoms with Gasteiger partial charge < -0.3 is 10.3 Å². The number of nitrogens with one attached hydrogen (secondary N) is 2. The average molecular weight is 354 g/mol. The van der Waals surface area contributed by atoms with Crippen LogP contribution in [0.2, 0.25) is 5.02 Å². The van der Waals surface area contributed by atoms with Crippen molar-refractivity contribution in [2.24, 2.45) is 0 Å². The molecule has 3 aromatic heterocycles. The molecule has 0 saturated carbocycles. The molecule has 25 heavy (non-hydrogen) atoms. The first-order valence-corrected chi connectivity index (χ1v) is 8.33. The molecule has 0 fully saturated rings. The van der Waals surface area contributed by atoms with Gasteiger partial charge in [0, 0.05) is 22.3 Å². The van der Waals surface area contributed by atoms with Gasteiger partial charge >= 0.3 is 0 Å². The lowest BCUT2D eigenvalue weighted by Gasteiger charge is -2.07. The Labute approximate surface area is 148 Å². The normalized spacial score (nSPS) is 11.5. The van der Waals surface area contributed by atoms with E-state index in [4.69, 9.17) is 11.6 Å². The van der Waals surface area contributed by atoms with Gasteiger partial charge in [0.25, 0.3) is 5.91 Å². The SMILES string of the molecule is CC(C)n1ncc2cc(NC(=O)c3[nH]c4ccccc4c3Cl)cnc21. The lowest BCUT2D eigenvalue weighted by Crippen LogP contribution is -2.13. The number of aromatic nitrogens is 4. The summed E-state index contributed by atoms with van der Waals surface area (Å²) in [6, 6.07) is 9.60. The van der Waals surface area contributed by atoms with Gasteiger partial charge in [-0.15, -0.1) is 0 Å². The van der Waals surface area contributed by atoms with E-state index in [-0.39, 0.29) is 11.9 Å². The minimum Gasteiger partial charge on any atom is -0.349 e. The van der Waals surface area contributed by atoms with E-state index in [1.807, 2.05) is 48.9 Å². The van der Waals surface area contributed by atoms with Crippen molar-refractivity contribution in [1.82, 2.24) is 19.7 Å². The summed E-state index contributed by atoms with van der Waals surface area (Å²) in [5.74, 6) is -0.307. The third kappa shape index (κ3) is 2.64. The molecule has 0 aliphatic heterocycles. The van der Waals surface area contributed by atoms with E-state index in [1.165, 1.54) is 0 Å². The number of pyridine rings is 1. The Morgan fingerprint density at radius 3 is 2.84 bits per heavy atom. The molecule has 1 amide bonds. The zero-order valence-electron chi connectivity index (χ0n) is 13.7. The molecular weight excluding hydrogens is 338 g/mol. The fraction of sp³-hybridized carbons (Fsp3) is 0.167. The summed E-state index contributed by atoms with van der Waals surface area (Å²) in [5.41, 5.74) is 2.54. The highest BCUT2D eigenvalue weighted by Crippen LogP contribution is 2.28. The predicted molar refractivity (Wildman–Crippen MR) is 99.2 cm³/mol. The number of rotatable bonds is 3. The Balaban J connectivity index is 1.66. The number of halogens is 1. The standard InChI is InChI=1S/C18H16ClN5O/c1-10(2)24-17-11(8-21-24)7-12(9-20-17)22-18(25)16-15(19)13-5-3-4-6-14(13)23-16/h3-10,23H,1-2H3,(H,22,25). The van der Waals surface area contributed by atoms with Crippen LogP contribution < -0.4 is 5.32 Å². The number of hydrogen-bond donors (Lipinski definition) is 2. The molecule has 6 nitrogen and oxygen atoms in total. The highest BCUT2D eigenvalue weighted by molar-refractivity contribution is 6.39. The zero-order valence-corrected chi connectivity index (χ0v) is 14.5. The summed E-state index contributed by atoms with van der Waals surface area (Å²) in [4.78, 5) is 20.1. The van der Waals surface area contributed by atoms with Crippen LogP contribution in [-0.4, -0.2) is 25.7 Å². The van der Waals surface area contributed by atoms with Gasteiger partial charge in [-0.2, -0.15) is 5.10 Å². The summed E-state index contributed by atoms with van der Waals surface area (Å²) in [6.45, 7) is 4.09. The van der Waals surface area contributed by atoms with Gasteiger partial charge in [-0.05, 0) is 26.0 Å². The van der Waals surface area contributed by atoms with Crippen LogP contribution in [0, 0.1) is 0 Å². The molecule has 1 aromatic carbocycles. The number of hydrogen-bond acceptors (Lipinski definition) is 3. The van der Waals surface area contributed by atoms with E-state index in [0.29, 0.717) is 16.4 Å². The van der Waals surface area contributed by atoms with Crippen LogP contribution in [0.1, 0.15) is 30.4 Å². The molecule has 2 N–H and O–H groups in total. The second-order valence-corrected chi connectivity index (χ2v) is 6.51. The van der Waals surface area contributed by atoms with Crippen LogP contribution >= 0.6 is 11.6 Å². The van der Waals surface area contributed by atoms with Crippen LogP contribution in [0.3, 0.4) is 0 Å². The van der Waals surface area contributed by atoms with Gasteiger partial charge in [-0.1, -0.05) is 29.8 Å². The number of nitrogens with zero attached hydrogens (tertiary/aromatic N) is 3. The van der Waals surface area contributed by atoms with Gasteiger partial charge in [0.2, 0.25) is 0 Å². The van der Waals surface area contributed by atoms with Crippen LogP contribution in [-0.2, 0) is 0 Å². The predicted octanol–water partition coefficient (Wildman–Crippen LogP) is 4.40. The first kappa shape index (κ1) is 15.7. The molecular formula is C18H16ClN5O. The largest absolute Gasteiger partial charge is 0.349 e. The topological polar surface area (TPSA) is 75.6 Å². The van der Waals surface area contributed by atoms with Gasteiger partial charge in [0.15, 0.2) is 5.65 Å². The Morgan fingerprint density at radius 1 is 1.28 bits per heavy atom.